The number of benzene rings is 1. The number of nitrogens with zero attached hydrogens (tertiary/aromatic N) is 1. The Balaban J connectivity index is 1.45. The van der Waals surface area contributed by atoms with Crippen LogP contribution in [0.1, 0.15) is 63.5 Å². The molecule has 1 saturated heterocycles. The molecule has 0 radical (unpaired) electrons. The van der Waals surface area contributed by atoms with Crippen molar-refractivity contribution in [3.8, 4) is 0 Å². The molecule has 1 aliphatic heterocycles. The number of unbranched alkanes of at least 4 members (excludes halogenated alkanes) is 1. The molecule has 3 aliphatic rings. The minimum absolute atomic E-state index is 0.407. The van der Waals surface area contributed by atoms with Crippen LogP contribution in [-0.2, 0) is 11.8 Å². The average Bonchev–Trinajstić information content (AvgIpc) is 3.33. The van der Waals surface area contributed by atoms with E-state index in [4.69, 9.17) is 0 Å². The predicted octanol–water partition coefficient (Wildman–Crippen LogP) is 4.79. The smallest absolute Gasteiger partial charge is 0.0170 e. The van der Waals surface area contributed by atoms with E-state index in [1.54, 1.807) is 11.1 Å². The standard InChI is InChI=1S/C21H31N/c1-16-20-15-18-8-3-4-9-19(18)21(16,2)12-14-22(20)13-6-5-7-17-10-11-17/h3-4,8-9,16-17,20H,5-7,10-15H2,1-2H3. The summed E-state index contributed by atoms with van der Waals surface area (Å²) in [6.45, 7) is 7.67. The summed E-state index contributed by atoms with van der Waals surface area (Å²) >= 11 is 0. The number of piperidine rings is 1. The highest BCUT2D eigenvalue weighted by atomic mass is 15.2. The second kappa shape index (κ2) is 5.67. The van der Waals surface area contributed by atoms with Gasteiger partial charge in [-0.15, -0.1) is 0 Å². The minimum Gasteiger partial charge on any atom is -0.300 e. The first kappa shape index (κ1) is 14.8. The summed E-state index contributed by atoms with van der Waals surface area (Å²) < 4.78 is 0. The first-order valence-electron chi connectivity index (χ1n) is 9.51. The Morgan fingerprint density at radius 2 is 2.00 bits per heavy atom. The molecule has 1 aromatic carbocycles. The van der Waals surface area contributed by atoms with E-state index in [-0.39, 0.29) is 0 Å². The molecular formula is C21H31N. The van der Waals surface area contributed by atoms with Gasteiger partial charge < -0.3 is 0 Å². The summed E-state index contributed by atoms with van der Waals surface area (Å²) in [5.74, 6) is 1.89. The maximum Gasteiger partial charge on any atom is 0.0170 e. The molecule has 22 heavy (non-hydrogen) atoms. The van der Waals surface area contributed by atoms with E-state index in [0.717, 1.165) is 17.9 Å². The number of fused-ring (bicyclic) bond motifs is 4. The SMILES string of the molecule is CC1C2Cc3ccccc3C1(C)CCN2CCCCC1CC1. The number of likely N-dealkylation sites (tertiary alicyclic amines) is 1. The molecule has 1 heterocycles. The zero-order valence-electron chi connectivity index (χ0n) is 14.4. The monoisotopic (exact) mass is 297 g/mol. The molecule has 0 amide bonds. The van der Waals surface area contributed by atoms with Gasteiger partial charge in [0.05, 0.1) is 0 Å². The zero-order chi connectivity index (χ0) is 15.2. The van der Waals surface area contributed by atoms with Crippen LogP contribution in [0.15, 0.2) is 24.3 Å². The molecule has 1 aromatic rings. The van der Waals surface area contributed by atoms with Gasteiger partial charge in [0.2, 0.25) is 0 Å². The van der Waals surface area contributed by atoms with Gasteiger partial charge in [-0.3, -0.25) is 4.90 Å². The van der Waals surface area contributed by atoms with Gasteiger partial charge in [0.1, 0.15) is 0 Å². The zero-order valence-corrected chi connectivity index (χ0v) is 14.4. The lowest BCUT2D eigenvalue weighted by molar-refractivity contribution is 0.0303. The van der Waals surface area contributed by atoms with Crippen molar-refractivity contribution in [1.82, 2.24) is 4.90 Å². The van der Waals surface area contributed by atoms with Gasteiger partial charge >= 0.3 is 0 Å². The molecule has 4 rings (SSSR count). The highest BCUT2D eigenvalue weighted by Gasteiger charge is 2.47. The molecule has 2 bridgehead atoms. The third kappa shape index (κ3) is 2.52. The van der Waals surface area contributed by atoms with E-state index in [2.05, 4.69) is 43.0 Å². The average molecular weight is 297 g/mol. The van der Waals surface area contributed by atoms with Crippen LogP contribution in [0.25, 0.3) is 0 Å². The molecule has 1 heteroatoms. The summed E-state index contributed by atoms with van der Waals surface area (Å²) in [5.41, 5.74) is 3.67. The highest BCUT2D eigenvalue weighted by Crippen LogP contribution is 2.48. The summed E-state index contributed by atoms with van der Waals surface area (Å²) in [6, 6.07) is 10.0. The van der Waals surface area contributed by atoms with Crippen LogP contribution in [0.3, 0.4) is 0 Å². The Bertz CT molecular complexity index is 532. The largest absolute Gasteiger partial charge is 0.300 e. The van der Waals surface area contributed by atoms with Gasteiger partial charge in [0.15, 0.2) is 0 Å². The van der Waals surface area contributed by atoms with Crippen LogP contribution in [-0.4, -0.2) is 24.0 Å². The van der Waals surface area contributed by atoms with E-state index in [0.29, 0.717) is 5.41 Å². The maximum atomic E-state index is 2.83. The molecule has 3 unspecified atom stereocenters. The molecule has 2 fully saturated rings. The van der Waals surface area contributed by atoms with E-state index in [9.17, 15) is 0 Å². The Labute approximate surface area is 136 Å². The first-order chi connectivity index (χ1) is 10.7. The van der Waals surface area contributed by atoms with Crippen LogP contribution in [0.5, 0.6) is 0 Å². The molecule has 0 spiro atoms. The number of rotatable bonds is 5. The van der Waals surface area contributed by atoms with E-state index in [1.165, 1.54) is 58.0 Å². The molecule has 3 atom stereocenters. The predicted molar refractivity (Wildman–Crippen MR) is 93.2 cm³/mol. The third-order valence-corrected chi connectivity index (χ3v) is 7.04. The number of hydrogen-bond acceptors (Lipinski definition) is 1. The molecule has 0 N–H and O–H groups in total. The van der Waals surface area contributed by atoms with Crippen molar-refractivity contribution in [3.05, 3.63) is 35.4 Å². The molecule has 2 aliphatic carbocycles. The molecule has 0 aromatic heterocycles. The number of hydrogen-bond donors (Lipinski definition) is 0. The summed E-state index contributed by atoms with van der Waals surface area (Å²) in [7, 11) is 0. The van der Waals surface area contributed by atoms with Crippen molar-refractivity contribution < 1.29 is 0 Å². The van der Waals surface area contributed by atoms with Crippen molar-refractivity contribution in [1.29, 1.82) is 0 Å². The quantitative estimate of drug-likeness (QED) is 0.706. The summed E-state index contributed by atoms with van der Waals surface area (Å²) in [4.78, 5) is 2.83. The van der Waals surface area contributed by atoms with Crippen molar-refractivity contribution in [2.24, 2.45) is 11.8 Å². The van der Waals surface area contributed by atoms with Gasteiger partial charge in [0.25, 0.3) is 0 Å². The molecule has 120 valence electrons. The van der Waals surface area contributed by atoms with E-state index < -0.39 is 0 Å². The minimum atomic E-state index is 0.407. The highest BCUT2D eigenvalue weighted by molar-refractivity contribution is 5.39. The van der Waals surface area contributed by atoms with Crippen molar-refractivity contribution in [3.63, 3.8) is 0 Å². The van der Waals surface area contributed by atoms with Crippen LogP contribution in [0, 0.1) is 11.8 Å². The summed E-state index contributed by atoms with van der Waals surface area (Å²) in [5, 5.41) is 0. The van der Waals surface area contributed by atoms with Crippen molar-refractivity contribution >= 4 is 0 Å². The fraction of sp³-hybridized carbons (Fsp3) is 0.714. The Morgan fingerprint density at radius 1 is 1.18 bits per heavy atom. The van der Waals surface area contributed by atoms with Crippen LogP contribution in [0.4, 0.5) is 0 Å². The lowest BCUT2D eigenvalue weighted by Gasteiger charge is -2.54. The summed E-state index contributed by atoms with van der Waals surface area (Å²) in [6.07, 6.45) is 10.00. The second-order valence-electron chi connectivity index (χ2n) is 8.36. The van der Waals surface area contributed by atoms with Gasteiger partial charge in [-0.1, -0.05) is 63.8 Å². The first-order valence-corrected chi connectivity index (χ1v) is 9.51. The maximum absolute atomic E-state index is 2.83. The van der Waals surface area contributed by atoms with Crippen LogP contribution >= 0.6 is 0 Å². The lowest BCUT2D eigenvalue weighted by atomic mass is 9.59. The second-order valence-corrected chi connectivity index (χ2v) is 8.36. The van der Waals surface area contributed by atoms with E-state index in [1.807, 2.05) is 0 Å². The van der Waals surface area contributed by atoms with Crippen LogP contribution < -0.4 is 0 Å². The molecular weight excluding hydrogens is 266 g/mol. The fourth-order valence-electron chi connectivity index (χ4n) is 5.11. The lowest BCUT2D eigenvalue weighted by Crippen LogP contribution is -2.58. The topological polar surface area (TPSA) is 3.24 Å². The third-order valence-electron chi connectivity index (χ3n) is 7.04. The van der Waals surface area contributed by atoms with Gasteiger partial charge in [-0.25, -0.2) is 0 Å². The Kier molecular flexibility index (Phi) is 3.80. The Hall–Kier alpha value is -0.820. The van der Waals surface area contributed by atoms with Gasteiger partial charge in [0, 0.05) is 6.04 Å². The molecule has 1 saturated carbocycles. The molecule has 1 nitrogen and oxygen atoms in total. The van der Waals surface area contributed by atoms with Crippen molar-refractivity contribution in [2.75, 3.05) is 13.1 Å². The fourth-order valence-corrected chi connectivity index (χ4v) is 5.11. The van der Waals surface area contributed by atoms with Crippen molar-refractivity contribution in [2.45, 2.75) is 70.3 Å². The normalized spacial score (nSPS) is 34.5. The van der Waals surface area contributed by atoms with Gasteiger partial charge in [-0.05, 0) is 60.7 Å². The van der Waals surface area contributed by atoms with E-state index >= 15 is 0 Å². The Morgan fingerprint density at radius 3 is 2.82 bits per heavy atom. The van der Waals surface area contributed by atoms with Crippen LogP contribution in [0.2, 0.25) is 0 Å². The van der Waals surface area contributed by atoms with Gasteiger partial charge in [-0.2, -0.15) is 0 Å².